The van der Waals surface area contributed by atoms with Crippen LogP contribution in [-0.2, 0) is 6.42 Å². The second kappa shape index (κ2) is 5.81. The molecule has 0 aliphatic carbocycles. The first-order chi connectivity index (χ1) is 9.45. The molecule has 0 saturated heterocycles. The highest BCUT2D eigenvalue weighted by molar-refractivity contribution is 5.36. The molecular weight excluding hydrogens is 269 g/mol. The van der Waals surface area contributed by atoms with Gasteiger partial charge in [0, 0.05) is 12.5 Å². The van der Waals surface area contributed by atoms with E-state index in [4.69, 9.17) is 10.5 Å². The maximum atomic E-state index is 13.0. The van der Waals surface area contributed by atoms with E-state index >= 15 is 0 Å². The Bertz CT molecular complexity index is 541. The lowest BCUT2D eigenvalue weighted by atomic mass is 10.1. The summed E-state index contributed by atoms with van der Waals surface area (Å²) in [5.41, 5.74) is 6.34. The second-order valence-corrected chi connectivity index (χ2v) is 4.27. The Labute approximate surface area is 114 Å². The molecular formula is C14H13F3N2O. The predicted molar refractivity (Wildman–Crippen MR) is 69.3 cm³/mol. The number of nitrogens with two attached hydrogens (primary N) is 1. The fraction of sp³-hybridized carbons (Fsp3) is 0.214. The van der Waals surface area contributed by atoms with Gasteiger partial charge in [-0.3, -0.25) is 0 Å². The summed E-state index contributed by atoms with van der Waals surface area (Å²) >= 11 is 0. The molecule has 1 atom stereocenters. The van der Waals surface area contributed by atoms with Gasteiger partial charge in [0.1, 0.15) is 0 Å². The molecule has 2 rings (SSSR count). The summed E-state index contributed by atoms with van der Waals surface area (Å²) in [4.78, 5) is 3.73. The number of rotatable bonds is 4. The maximum absolute atomic E-state index is 13.0. The molecule has 2 N–H and O–H groups in total. The molecule has 0 amide bonds. The Kier molecular flexibility index (Phi) is 4.12. The molecule has 1 aromatic heterocycles. The average molecular weight is 282 g/mol. The minimum atomic E-state index is -4.47. The number of nitrogen functional groups attached to an aromatic ring is 1. The van der Waals surface area contributed by atoms with Crippen LogP contribution in [0.3, 0.4) is 0 Å². The van der Waals surface area contributed by atoms with E-state index in [2.05, 4.69) is 4.98 Å². The van der Waals surface area contributed by atoms with Crippen molar-refractivity contribution in [3.05, 3.63) is 54.2 Å². The van der Waals surface area contributed by atoms with E-state index in [9.17, 15) is 13.2 Å². The molecule has 0 spiro atoms. The van der Waals surface area contributed by atoms with Gasteiger partial charge in [-0.15, -0.1) is 0 Å². The molecule has 2 aromatic rings. The highest BCUT2D eigenvalue weighted by Crippen LogP contribution is 2.27. The smallest absolute Gasteiger partial charge is 0.425 e. The Morgan fingerprint density at radius 3 is 2.35 bits per heavy atom. The van der Waals surface area contributed by atoms with Gasteiger partial charge in [-0.25, -0.2) is 4.98 Å². The van der Waals surface area contributed by atoms with Crippen LogP contribution in [0.25, 0.3) is 0 Å². The Morgan fingerprint density at radius 1 is 1.10 bits per heavy atom. The molecule has 1 aromatic carbocycles. The van der Waals surface area contributed by atoms with Crippen LogP contribution in [-0.4, -0.2) is 17.3 Å². The summed E-state index contributed by atoms with van der Waals surface area (Å²) < 4.78 is 43.9. The van der Waals surface area contributed by atoms with E-state index in [0.717, 1.165) is 0 Å². The lowest BCUT2D eigenvalue weighted by Gasteiger charge is -2.21. The first-order valence-corrected chi connectivity index (χ1v) is 5.94. The Balaban J connectivity index is 2.14. The zero-order valence-electron chi connectivity index (χ0n) is 10.5. The quantitative estimate of drug-likeness (QED) is 0.936. The number of hydrogen-bond donors (Lipinski definition) is 1. The fourth-order valence-corrected chi connectivity index (χ4v) is 1.66. The van der Waals surface area contributed by atoms with Crippen molar-refractivity contribution in [3.63, 3.8) is 0 Å². The summed E-state index contributed by atoms with van der Waals surface area (Å²) in [5.74, 6) is -0.0996. The normalized spacial score (nSPS) is 12.9. The summed E-state index contributed by atoms with van der Waals surface area (Å²) in [7, 11) is 0. The molecule has 0 aliphatic rings. The average Bonchev–Trinajstić information content (AvgIpc) is 2.40. The van der Waals surface area contributed by atoms with Gasteiger partial charge in [0.25, 0.3) is 0 Å². The van der Waals surface area contributed by atoms with Crippen LogP contribution in [0.15, 0.2) is 48.7 Å². The molecule has 3 nitrogen and oxygen atoms in total. The van der Waals surface area contributed by atoms with Gasteiger partial charge >= 0.3 is 6.18 Å². The van der Waals surface area contributed by atoms with Crippen molar-refractivity contribution in [2.45, 2.75) is 18.7 Å². The topological polar surface area (TPSA) is 48.1 Å². The van der Waals surface area contributed by atoms with Crippen LogP contribution < -0.4 is 10.5 Å². The van der Waals surface area contributed by atoms with Gasteiger partial charge in [-0.1, -0.05) is 30.3 Å². The lowest BCUT2D eigenvalue weighted by molar-refractivity contribution is -0.195. The molecule has 1 unspecified atom stereocenters. The van der Waals surface area contributed by atoms with Crippen LogP contribution in [0.1, 0.15) is 5.56 Å². The maximum Gasteiger partial charge on any atom is 0.425 e. The van der Waals surface area contributed by atoms with E-state index < -0.39 is 12.3 Å². The number of aromatic nitrogens is 1. The number of hydrogen-bond acceptors (Lipinski definition) is 3. The zero-order chi connectivity index (χ0) is 14.6. The summed E-state index contributed by atoms with van der Waals surface area (Å²) in [6, 6.07) is 11.1. The number of halogens is 3. The Hall–Kier alpha value is -2.24. The molecule has 0 radical (unpaired) electrons. The van der Waals surface area contributed by atoms with Gasteiger partial charge in [0.05, 0.1) is 11.9 Å². The number of anilines is 1. The van der Waals surface area contributed by atoms with Crippen LogP contribution in [0.5, 0.6) is 5.88 Å². The lowest BCUT2D eigenvalue weighted by Crippen LogP contribution is -2.36. The predicted octanol–water partition coefficient (Wildman–Crippen LogP) is 3.22. The molecule has 0 bridgehead atoms. The van der Waals surface area contributed by atoms with Crippen molar-refractivity contribution in [1.29, 1.82) is 0 Å². The third-order valence-electron chi connectivity index (χ3n) is 2.65. The summed E-state index contributed by atoms with van der Waals surface area (Å²) in [5, 5.41) is 0. The van der Waals surface area contributed by atoms with Crippen molar-refractivity contribution >= 4 is 5.69 Å². The van der Waals surface area contributed by atoms with E-state index in [0.29, 0.717) is 11.3 Å². The Morgan fingerprint density at radius 2 is 1.80 bits per heavy atom. The van der Waals surface area contributed by atoms with Gasteiger partial charge < -0.3 is 10.5 Å². The molecule has 1 heterocycles. The van der Waals surface area contributed by atoms with Gasteiger partial charge in [0.15, 0.2) is 6.10 Å². The minimum absolute atomic E-state index is 0.0996. The third-order valence-corrected chi connectivity index (χ3v) is 2.65. The molecule has 0 fully saturated rings. The number of ether oxygens (including phenoxy) is 1. The fourth-order valence-electron chi connectivity index (χ4n) is 1.66. The van der Waals surface area contributed by atoms with Crippen molar-refractivity contribution in [3.8, 4) is 5.88 Å². The van der Waals surface area contributed by atoms with E-state index in [-0.39, 0.29) is 12.3 Å². The minimum Gasteiger partial charge on any atom is -0.464 e. The van der Waals surface area contributed by atoms with Crippen LogP contribution in [0.2, 0.25) is 0 Å². The molecule has 6 heteroatoms. The van der Waals surface area contributed by atoms with Crippen molar-refractivity contribution in [2.75, 3.05) is 5.73 Å². The standard InChI is InChI=1S/C14H13F3N2O/c15-14(16,17)12(8-10-4-2-1-3-5-10)20-13-7-6-11(18)9-19-13/h1-7,9,12H,8,18H2. The van der Waals surface area contributed by atoms with E-state index in [1.54, 1.807) is 30.3 Å². The van der Waals surface area contributed by atoms with Crippen molar-refractivity contribution in [2.24, 2.45) is 0 Å². The monoisotopic (exact) mass is 282 g/mol. The van der Waals surface area contributed by atoms with Gasteiger partial charge in [-0.05, 0) is 11.6 Å². The first-order valence-electron chi connectivity index (χ1n) is 5.94. The van der Waals surface area contributed by atoms with Gasteiger partial charge in [0.2, 0.25) is 5.88 Å². The summed E-state index contributed by atoms with van der Waals surface area (Å²) in [6.45, 7) is 0. The SMILES string of the molecule is Nc1ccc(OC(Cc2ccccc2)C(F)(F)F)nc1. The second-order valence-electron chi connectivity index (χ2n) is 4.27. The largest absolute Gasteiger partial charge is 0.464 e. The van der Waals surface area contributed by atoms with Gasteiger partial charge in [-0.2, -0.15) is 13.2 Å². The van der Waals surface area contributed by atoms with Crippen LogP contribution >= 0.6 is 0 Å². The van der Waals surface area contributed by atoms with Crippen molar-refractivity contribution in [1.82, 2.24) is 4.98 Å². The van der Waals surface area contributed by atoms with E-state index in [1.165, 1.54) is 18.3 Å². The van der Waals surface area contributed by atoms with Crippen LogP contribution in [0.4, 0.5) is 18.9 Å². The number of benzene rings is 1. The molecule has 20 heavy (non-hydrogen) atoms. The molecule has 106 valence electrons. The molecule has 0 saturated carbocycles. The first kappa shape index (κ1) is 14.2. The third kappa shape index (κ3) is 3.88. The van der Waals surface area contributed by atoms with E-state index in [1.807, 2.05) is 0 Å². The molecule has 0 aliphatic heterocycles. The number of nitrogens with zero attached hydrogens (tertiary/aromatic N) is 1. The number of pyridine rings is 1. The highest BCUT2D eigenvalue weighted by atomic mass is 19.4. The summed E-state index contributed by atoms with van der Waals surface area (Å²) in [6.07, 6.45) is -5.43. The number of alkyl halides is 3. The highest BCUT2D eigenvalue weighted by Gasteiger charge is 2.42. The van der Waals surface area contributed by atoms with Crippen molar-refractivity contribution < 1.29 is 17.9 Å². The van der Waals surface area contributed by atoms with Crippen LogP contribution in [0, 0.1) is 0 Å². The zero-order valence-corrected chi connectivity index (χ0v) is 10.5.